The van der Waals surface area contributed by atoms with Gasteiger partial charge in [0.1, 0.15) is 11.7 Å². The minimum Gasteiger partial charge on any atom is -0.365 e. The molecule has 2 heterocycles. The van der Waals surface area contributed by atoms with Gasteiger partial charge in [0, 0.05) is 24.4 Å². The fourth-order valence-corrected chi connectivity index (χ4v) is 3.44. The molecule has 0 atom stereocenters. The summed E-state index contributed by atoms with van der Waals surface area (Å²) in [6.07, 6.45) is 2.61. The fraction of sp³-hybridized carbons (Fsp3) is 0.238. The van der Waals surface area contributed by atoms with Gasteiger partial charge in [0.2, 0.25) is 0 Å². The van der Waals surface area contributed by atoms with E-state index in [9.17, 15) is 23.4 Å². The molecule has 0 bridgehead atoms. The molecule has 0 saturated carbocycles. The Kier molecular flexibility index (Phi) is 7.88. The number of allylic oxidation sites excluding steroid dienone is 5. The van der Waals surface area contributed by atoms with E-state index in [0.717, 1.165) is 0 Å². The Labute approximate surface area is 187 Å². The molecule has 0 spiro atoms. The maximum Gasteiger partial charge on any atom is 0.184 e. The van der Waals surface area contributed by atoms with Gasteiger partial charge in [0.05, 0.1) is 29.0 Å². The molecule has 0 radical (unpaired) electrons. The number of rotatable bonds is 7. The highest BCUT2D eigenvalue weighted by molar-refractivity contribution is 6.33. The zero-order valence-corrected chi connectivity index (χ0v) is 18.3. The average molecular weight is 474 g/mol. The Hall–Kier alpha value is -2.39. The highest BCUT2D eigenvalue weighted by Gasteiger charge is 2.32. The molecule has 2 rings (SSSR count). The lowest BCUT2D eigenvalue weighted by Gasteiger charge is -2.34. The molecule has 1 aromatic rings. The number of nitrogens with zero attached hydrogens (tertiary/aromatic N) is 3. The lowest BCUT2D eigenvalue weighted by molar-refractivity contribution is -0.159. The average Bonchev–Trinajstić information content (AvgIpc) is 2.64. The predicted octanol–water partition coefficient (Wildman–Crippen LogP) is 5.74. The van der Waals surface area contributed by atoms with E-state index in [1.165, 1.54) is 17.2 Å². The van der Waals surface area contributed by atoms with Crippen LogP contribution in [0, 0.1) is 12.7 Å². The third kappa shape index (κ3) is 5.86. The third-order valence-corrected chi connectivity index (χ3v) is 5.06. The highest BCUT2D eigenvalue weighted by Crippen LogP contribution is 2.41. The second kappa shape index (κ2) is 9.82. The summed E-state index contributed by atoms with van der Waals surface area (Å²) in [4.78, 5) is 8.31. The lowest BCUT2D eigenvalue weighted by Crippen LogP contribution is -2.31. The summed E-state index contributed by atoms with van der Waals surface area (Å²) in [5.74, 6) is -5.51. The van der Waals surface area contributed by atoms with Crippen molar-refractivity contribution in [3.8, 4) is 0 Å². The first-order valence-electron chi connectivity index (χ1n) is 8.87. The van der Waals surface area contributed by atoms with E-state index in [-0.39, 0.29) is 27.1 Å². The van der Waals surface area contributed by atoms with Crippen LogP contribution in [0.1, 0.15) is 25.3 Å². The van der Waals surface area contributed by atoms with Gasteiger partial charge in [-0.05, 0) is 37.8 Å². The molecule has 2 N–H and O–H groups in total. The lowest BCUT2D eigenvalue weighted by atomic mass is 9.96. The van der Waals surface area contributed by atoms with E-state index >= 15 is 0 Å². The molecule has 0 aliphatic carbocycles. The Morgan fingerprint density at radius 3 is 2.58 bits per heavy atom. The van der Waals surface area contributed by atoms with Gasteiger partial charge >= 0.3 is 0 Å². The molecule has 10 heteroatoms. The minimum absolute atomic E-state index is 0.0103. The van der Waals surface area contributed by atoms with Crippen molar-refractivity contribution >= 4 is 35.6 Å². The van der Waals surface area contributed by atoms with Crippen LogP contribution in [-0.4, -0.2) is 27.7 Å². The molecule has 0 unspecified atom stereocenters. The van der Waals surface area contributed by atoms with Gasteiger partial charge in [0.25, 0.3) is 0 Å². The normalized spacial score (nSPS) is 16.1. The number of hydrogen-bond donors (Lipinski definition) is 2. The van der Waals surface area contributed by atoms with Crippen molar-refractivity contribution in [2.45, 2.75) is 32.5 Å². The van der Waals surface area contributed by atoms with Gasteiger partial charge in [-0.1, -0.05) is 29.8 Å². The summed E-state index contributed by atoms with van der Waals surface area (Å²) in [6, 6.07) is 0. The SMILES string of the molecule is C=N/C=C(F)\C=C(\F)CC(O)(O)CC1=C(Cl)C(=C)N(c2c(C)cnc(Cl)c2F)C(C)=C1. The van der Waals surface area contributed by atoms with E-state index in [4.69, 9.17) is 23.2 Å². The molecule has 5 nitrogen and oxygen atoms in total. The van der Waals surface area contributed by atoms with Gasteiger partial charge in [-0.3, -0.25) is 4.99 Å². The summed E-state index contributed by atoms with van der Waals surface area (Å²) >= 11 is 12.2. The quantitative estimate of drug-likeness (QED) is 0.229. The van der Waals surface area contributed by atoms with Crippen molar-refractivity contribution in [3.63, 3.8) is 0 Å². The molecule has 1 aliphatic rings. The third-order valence-electron chi connectivity index (χ3n) is 4.33. The van der Waals surface area contributed by atoms with Crippen LogP contribution >= 0.6 is 23.2 Å². The van der Waals surface area contributed by atoms with Crippen LogP contribution in [0.2, 0.25) is 5.15 Å². The molecule has 166 valence electrons. The van der Waals surface area contributed by atoms with Gasteiger partial charge in [-0.2, -0.15) is 0 Å². The highest BCUT2D eigenvalue weighted by atomic mass is 35.5. The number of anilines is 1. The van der Waals surface area contributed by atoms with Crippen molar-refractivity contribution < 1.29 is 23.4 Å². The topological polar surface area (TPSA) is 69.0 Å². The fourth-order valence-electron chi connectivity index (χ4n) is 3.10. The number of hydrogen-bond acceptors (Lipinski definition) is 5. The van der Waals surface area contributed by atoms with Crippen molar-refractivity contribution in [2.75, 3.05) is 4.90 Å². The molecular weight excluding hydrogens is 454 g/mol. The maximum atomic E-state index is 14.7. The second-order valence-electron chi connectivity index (χ2n) is 6.93. The Morgan fingerprint density at radius 1 is 1.32 bits per heavy atom. The summed E-state index contributed by atoms with van der Waals surface area (Å²) in [6.45, 7) is 10.2. The predicted molar refractivity (Wildman–Crippen MR) is 117 cm³/mol. The van der Waals surface area contributed by atoms with E-state index in [0.29, 0.717) is 23.5 Å². The Bertz CT molecular complexity index is 1040. The molecule has 1 aliphatic heterocycles. The summed E-state index contributed by atoms with van der Waals surface area (Å²) in [5, 5.41) is 20.1. The van der Waals surface area contributed by atoms with E-state index in [1.807, 2.05) is 0 Å². The molecular formula is C21H20Cl2F3N3O2. The van der Waals surface area contributed by atoms with Crippen LogP contribution in [0.3, 0.4) is 0 Å². The molecule has 0 amide bonds. The van der Waals surface area contributed by atoms with Crippen LogP contribution in [-0.2, 0) is 0 Å². The van der Waals surface area contributed by atoms with Gasteiger partial charge in [-0.15, -0.1) is 0 Å². The van der Waals surface area contributed by atoms with Crippen LogP contribution in [0.25, 0.3) is 0 Å². The van der Waals surface area contributed by atoms with Crippen LogP contribution in [0.15, 0.2) is 69.8 Å². The van der Waals surface area contributed by atoms with E-state index < -0.39 is 36.1 Å². The molecule has 0 aromatic carbocycles. The number of aliphatic imine (C=N–C) groups is 1. The molecule has 0 saturated heterocycles. The first-order valence-corrected chi connectivity index (χ1v) is 9.62. The number of halogens is 5. The standard InChI is InChI=1S/C21H20Cl2F3N3O2/c1-11-9-28-20(23)18(26)19(11)29-12(2)5-14(17(22)13(29)3)7-21(30,31)8-15(24)6-16(25)10-27-4/h5-6,9-10,30-31H,3-4,7-8H2,1-2H3/b15-6+,16-10+. The number of aromatic nitrogens is 1. The van der Waals surface area contributed by atoms with Gasteiger partial charge in [-0.25, -0.2) is 18.2 Å². The van der Waals surface area contributed by atoms with Crippen LogP contribution < -0.4 is 4.90 Å². The summed E-state index contributed by atoms with van der Waals surface area (Å²) in [5.41, 5.74) is 1.39. The second-order valence-corrected chi connectivity index (χ2v) is 7.66. The zero-order chi connectivity index (χ0) is 23.5. The largest absolute Gasteiger partial charge is 0.365 e. The molecule has 1 aromatic heterocycles. The van der Waals surface area contributed by atoms with Gasteiger partial charge in [0.15, 0.2) is 16.8 Å². The van der Waals surface area contributed by atoms with Crippen LogP contribution in [0.5, 0.6) is 0 Å². The van der Waals surface area contributed by atoms with E-state index in [2.05, 4.69) is 23.3 Å². The maximum absolute atomic E-state index is 14.7. The first-order chi connectivity index (χ1) is 14.4. The number of aliphatic hydroxyl groups is 2. The number of aryl methyl sites for hydroxylation is 1. The van der Waals surface area contributed by atoms with Crippen LogP contribution in [0.4, 0.5) is 18.9 Å². The zero-order valence-electron chi connectivity index (χ0n) is 16.8. The summed E-state index contributed by atoms with van der Waals surface area (Å²) < 4.78 is 41.9. The molecule has 31 heavy (non-hydrogen) atoms. The monoisotopic (exact) mass is 473 g/mol. The number of pyridine rings is 1. The van der Waals surface area contributed by atoms with Crippen molar-refractivity contribution in [1.82, 2.24) is 4.98 Å². The van der Waals surface area contributed by atoms with Crippen molar-refractivity contribution in [2.24, 2.45) is 4.99 Å². The smallest absolute Gasteiger partial charge is 0.184 e. The van der Waals surface area contributed by atoms with Crippen molar-refractivity contribution in [1.29, 1.82) is 0 Å². The van der Waals surface area contributed by atoms with E-state index in [1.54, 1.807) is 13.8 Å². The first kappa shape index (κ1) is 24.9. The molecule has 0 fully saturated rings. The minimum atomic E-state index is -2.59. The van der Waals surface area contributed by atoms with Gasteiger partial charge < -0.3 is 15.1 Å². The van der Waals surface area contributed by atoms with Crippen molar-refractivity contribution in [3.05, 3.63) is 81.3 Å². The Morgan fingerprint density at radius 2 is 1.97 bits per heavy atom. The Balaban J connectivity index is 2.33. The summed E-state index contributed by atoms with van der Waals surface area (Å²) in [7, 11) is 0.